The first-order valence-electron chi connectivity index (χ1n) is 14.9. The Morgan fingerprint density at radius 3 is 2.42 bits per heavy atom. The Hall–Kier alpha value is -3.79. The van der Waals surface area contributed by atoms with Crippen LogP contribution >= 0.6 is 0 Å². The summed E-state index contributed by atoms with van der Waals surface area (Å²) < 4.78 is 34.1. The monoisotopic (exact) mass is 592 g/mol. The van der Waals surface area contributed by atoms with E-state index in [0.29, 0.717) is 51.9 Å². The fourth-order valence-corrected chi connectivity index (χ4v) is 5.13. The van der Waals surface area contributed by atoms with E-state index in [4.69, 9.17) is 23.7 Å². The fraction of sp³-hybridized carbons (Fsp3) is 0.441. The number of amides is 1. The van der Waals surface area contributed by atoms with Crippen molar-refractivity contribution in [2.24, 2.45) is 0 Å². The van der Waals surface area contributed by atoms with Crippen molar-refractivity contribution in [3.05, 3.63) is 89.5 Å². The standard InChI is InChI=1S/C34H44N2O7/c1-38-31-10-5-4-9-28(31)25-40-20-7-21-41-29-14-12-26(13-15-29)30-17-18-35-24-33(30)43-23-22-42-32-11-6-3-8-27(32)16-19-36-34(37)39-2/h3-6,8-15,30,33,35H,7,16-25H2,1-2H3,(H,36,37)/t30-,33+/m1/s1. The molecular formula is C34H44N2O7. The van der Waals surface area contributed by atoms with Crippen LogP contribution in [0.4, 0.5) is 4.79 Å². The topological polar surface area (TPSA) is 96.5 Å². The molecule has 1 heterocycles. The van der Waals surface area contributed by atoms with Crippen LogP contribution in [0.15, 0.2) is 72.8 Å². The molecule has 43 heavy (non-hydrogen) atoms. The van der Waals surface area contributed by atoms with Crippen LogP contribution in [0.1, 0.15) is 35.4 Å². The van der Waals surface area contributed by atoms with Gasteiger partial charge in [-0.2, -0.15) is 0 Å². The van der Waals surface area contributed by atoms with E-state index in [2.05, 4.69) is 27.5 Å². The van der Waals surface area contributed by atoms with Crippen molar-refractivity contribution in [1.82, 2.24) is 10.6 Å². The molecule has 0 saturated carbocycles. The van der Waals surface area contributed by atoms with E-state index < -0.39 is 6.09 Å². The number of methoxy groups -OCH3 is 2. The van der Waals surface area contributed by atoms with Crippen molar-refractivity contribution in [3.63, 3.8) is 0 Å². The van der Waals surface area contributed by atoms with Crippen molar-refractivity contribution in [2.45, 2.75) is 37.9 Å². The Labute approximate surface area is 254 Å². The van der Waals surface area contributed by atoms with E-state index in [1.54, 1.807) is 7.11 Å². The zero-order valence-corrected chi connectivity index (χ0v) is 25.2. The first kappa shape index (κ1) is 32.1. The highest BCUT2D eigenvalue weighted by atomic mass is 16.5. The van der Waals surface area contributed by atoms with Crippen LogP contribution in [0.2, 0.25) is 0 Å². The zero-order chi connectivity index (χ0) is 30.1. The van der Waals surface area contributed by atoms with Gasteiger partial charge in [0.2, 0.25) is 0 Å². The number of carbonyl (C=O) groups is 1. The molecule has 1 saturated heterocycles. The van der Waals surface area contributed by atoms with Gasteiger partial charge in [-0.15, -0.1) is 0 Å². The Morgan fingerprint density at radius 1 is 0.860 bits per heavy atom. The molecule has 2 N–H and O–H groups in total. The predicted octanol–water partition coefficient (Wildman–Crippen LogP) is 5.12. The van der Waals surface area contributed by atoms with Gasteiger partial charge in [0, 0.05) is 31.0 Å². The van der Waals surface area contributed by atoms with Crippen LogP contribution in [-0.2, 0) is 27.2 Å². The van der Waals surface area contributed by atoms with Gasteiger partial charge in [0.1, 0.15) is 23.9 Å². The molecule has 0 aliphatic carbocycles. The van der Waals surface area contributed by atoms with Crippen molar-refractivity contribution in [1.29, 1.82) is 0 Å². The van der Waals surface area contributed by atoms with Gasteiger partial charge in [-0.25, -0.2) is 4.79 Å². The summed E-state index contributed by atoms with van der Waals surface area (Å²) in [6, 6.07) is 24.1. The first-order valence-corrected chi connectivity index (χ1v) is 14.9. The number of alkyl carbamates (subject to hydrolysis) is 1. The number of ether oxygens (including phenoxy) is 6. The number of para-hydroxylation sites is 2. The van der Waals surface area contributed by atoms with Crippen LogP contribution < -0.4 is 24.8 Å². The van der Waals surface area contributed by atoms with Crippen LogP contribution in [0.3, 0.4) is 0 Å². The molecule has 232 valence electrons. The summed E-state index contributed by atoms with van der Waals surface area (Å²) in [5, 5.41) is 6.16. The lowest BCUT2D eigenvalue weighted by Crippen LogP contribution is -2.41. The minimum absolute atomic E-state index is 0.0593. The second-order valence-corrected chi connectivity index (χ2v) is 10.3. The Morgan fingerprint density at radius 2 is 1.63 bits per heavy atom. The molecule has 1 amide bonds. The lowest BCUT2D eigenvalue weighted by atomic mass is 9.88. The second kappa shape index (κ2) is 18.0. The van der Waals surface area contributed by atoms with Gasteiger partial charge in [0.05, 0.1) is 46.8 Å². The summed E-state index contributed by atoms with van der Waals surface area (Å²) in [6.45, 7) is 4.89. The lowest BCUT2D eigenvalue weighted by molar-refractivity contribution is 0.00721. The largest absolute Gasteiger partial charge is 0.496 e. The average Bonchev–Trinajstić information content (AvgIpc) is 3.06. The summed E-state index contributed by atoms with van der Waals surface area (Å²) in [4.78, 5) is 11.3. The number of nitrogens with one attached hydrogen (secondary N) is 2. The van der Waals surface area contributed by atoms with Gasteiger partial charge < -0.3 is 39.1 Å². The molecular weight excluding hydrogens is 548 g/mol. The van der Waals surface area contributed by atoms with E-state index in [1.807, 2.05) is 60.7 Å². The molecule has 0 unspecified atom stereocenters. The third-order valence-corrected chi connectivity index (χ3v) is 7.38. The van der Waals surface area contributed by atoms with Crippen molar-refractivity contribution in [3.8, 4) is 17.2 Å². The van der Waals surface area contributed by atoms with E-state index >= 15 is 0 Å². The highest BCUT2D eigenvalue weighted by Crippen LogP contribution is 2.29. The molecule has 0 spiro atoms. The molecule has 0 radical (unpaired) electrons. The Balaban J connectivity index is 1.16. The molecule has 1 aliphatic rings. The normalized spacial score (nSPS) is 16.3. The summed E-state index contributed by atoms with van der Waals surface area (Å²) in [5.41, 5.74) is 3.32. The molecule has 1 fully saturated rings. The van der Waals surface area contributed by atoms with Crippen molar-refractivity contribution < 1.29 is 33.2 Å². The van der Waals surface area contributed by atoms with Crippen LogP contribution in [-0.4, -0.2) is 72.5 Å². The van der Waals surface area contributed by atoms with E-state index in [1.165, 1.54) is 12.7 Å². The summed E-state index contributed by atoms with van der Waals surface area (Å²) in [6.07, 6.45) is 2.08. The highest BCUT2D eigenvalue weighted by Gasteiger charge is 2.27. The maximum Gasteiger partial charge on any atom is 0.406 e. The SMILES string of the molecule is COC(=O)NCCc1ccccc1OCCO[C@H]1CNCC[C@@H]1c1ccc(OCCCOCc2ccccc2OC)cc1. The van der Waals surface area contributed by atoms with Gasteiger partial charge in [-0.05, 0) is 54.8 Å². The van der Waals surface area contributed by atoms with Gasteiger partial charge in [0.15, 0.2) is 0 Å². The molecule has 0 aromatic heterocycles. The molecule has 3 aromatic rings. The highest BCUT2D eigenvalue weighted by molar-refractivity contribution is 5.66. The molecule has 2 atom stereocenters. The first-order chi connectivity index (χ1) is 21.2. The smallest absolute Gasteiger partial charge is 0.406 e. The number of piperidine rings is 1. The van der Waals surface area contributed by atoms with E-state index in [0.717, 1.165) is 54.3 Å². The number of hydrogen-bond donors (Lipinski definition) is 2. The maximum absolute atomic E-state index is 11.3. The summed E-state index contributed by atoms with van der Waals surface area (Å²) in [5.74, 6) is 2.80. The van der Waals surface area contributed by atoms with Crippen LogP contribution in [0, 0.1) is 0 Å². The van der Waals surface area contributed by atoms with Crippen LogP contribution in [0.25, 0.3) is 0 Å². The van der Waals surface area contributed by atoms with Crippen LogP contribution in [0.5, 0.6) is 17.2 Å². The summed E-state index contributed by atoms with van der Waals surface area (Å²) in [7, 11) is 3.03. The third-order valence-electron chi connectivity index (χ3n) is 7.38. The Bertz CT molecular complexity index is 1240. The van der Waals surface area contributed by atoms with Gasteiger partial charge in [-0.1, -0.05) is 48.5 Å². The second-order valence-electron chi connectivity index (χ2n) is 10.3. The Kier molecular flexibility index (Phi) is 13.5. The van der Waals surface area contributed by atoms with Gasteiger partial charge >= 0.3 is 6.09 Å². The van der Waals surface area contributed by atoms with Crippen molar-refractivity contribution in [2.75, 3.05) is 60.3 Å². The average molecular weight is 593 g/mol. The third kappa shape index (κ3) is 10.5. The molecule has 9 heteroatoms. The number of rotatable bonds is 17. The quantitative estimate of drug-likeness (QED) is 0.209. The lowest BCUT2D eigenvalue weighted by Gasteiger charge is -2.32. The minimum atomic E-state index is -0.438. The number of hydrogen-bond acceptors (Lipinski definition) is 8. The minimum Gasteiger partial charge on any atom is -0.496 e. The summed E-state index contributed by atoms with van der Waals surface area (Å²) >= 11 is 0. The predicted molar refractivity (Wildman–Crippen MR) is 165 cm³/mol. The van der Waals surface area contributed by atoms with Gasteiger partial charge in [-0.3, -0.25) is 0 Å². The molecule has 3 aromatic carbocycles. The molecule has 9 nitrogen and oxygen atoms in total. The van der Waals surface area contributed by atoms with E-state index in [-0.39, 0.29) is 6.10 Å². The molecule has 4 rings (SSSR count). The molecule has 1 aliphatic heterocycles. The number of benzene rings is 3. The number of carbonyl (C=O) groups excluding carboxylic acids is 1. The van der Waals surface area contributed by atoms with Crippen molar-refractivity contribution >= 4 is 6.09 Å². The fourth-order valence-electron chi connectivity index (χ4n) is 5.13. The zero-order valence-electron chi connectivity index (χ0n) is 25.2. The van der Waals surface area contributed by atoms with Gasteiger partial charge in [0.25, 0.3) is 0 Å². The van der Waals surface area contributed by atoms with E-state index in [9.17, 15) is 4.79 Å². The molecule has 0 bridgehead atoms. The maximum atomic E-state index is 11.3.